The number of likely N-dealkylation sites (N-methyl/N-ethyl adjacent to an activating group) is 1. The van der Waals surface area contributed by atoms with Crippen LogP contribution in [-0.4, -0.2) is 175 Å². The highest BCUT2D eigenvalue weighted by atomic mass is 35.7. The van der Waals surface area contributed by atoms with Gasteiger partial charge in [0.25, 0.3) is 0 Å². The molecule has 450 valence electrons. The second kappa shape index (κ2) is 28.6. The van der Waals surface area contributed by atoms with Crippen molar-refractivity contribution in [1.29, 1.82) is 0 Å². The highest BCUT2D eigenvalue weighted by molar-refractivity contribution is 7.95. The van der Waals surface area contributed by atoms with Crippen molar-refractivity contribution in [2.45, 2.75) is 230 Å². The molecule has 5 N–H and O–H groups in total. The number of aromatic nitrogens is 2. The van der Waals surface area contributed by atoms with Crippen molar-refractivity contribution in [2.24, 2.45) is 24.8 Å². The second-order valence-corrected chi connectivity index (χ2v) is 27.0. The summed E-state index contributed by atoms with van der Waals surface area (Å²) in [6.07, 6.45) is -0.619. The van der Waals surface area contributed by atoms with Gasteiger partial charge in [-0.05, 0) is 129 Å². The molecule has 1 amide bonds. The van der Waals surface area contributed by atoms with E-state index in [1.807, 2.05) is 70.5 Å². The van der Waals surface area contributed by atoms with Crippen molar-refractivity contribution < 1.29 is 63.5 Å². The number of aliphatic hydroxyl groups excluding tert-OH is 3. The molecule has 3 saturated heterocycles. The Balaban J connectivity index is 1.24. The van der Waals surface area contributed by atoms with Gasteiger partial charge >= 0.3 is 5.97 Å². The summed E-state index contributed by atoms with van der Waals surface area (Å²) in [5.41, 5.74) is -1.50. The summed E-state index contributed by atoms with van der Waals surface area (Å²) in [7, 11) is 6.07. The molecule has 17 nitrogen and oxygen atoms in total. The molecule has 0 aliphatic carbocycles. The Labute approximate surface area is 482 Å². The monoisotopic (exact) mass is 1160 g/mol. The number of aryl methyl sites for hydroxylation is 2. The molecule has 4 heterocycles. The lowest BCUT2D eigenvalue weighted by Gasteiger charge is -2.48. The standard InChI is InChI=1S/C61H96ClN4O13P/c1-15-49-61(10,73)54(69)41(6)66(50(67)27-23-18-16-17-20-24-44-31-43(45-34-63-65(13)36-45)28-29-48(44)80(62)46-25-21-19-22-26-46)35-37(2)32-59(8,72)56(79-58-52(68)47(64(11)12)30-38(3)75-58)39(4)53(40(5)57(71)77-49)78-51-33-60(9,74-14)55(70)42(7)76-51/h19,21-22,25-26,28-29,31,34,36-42,47,49,51-56,58,68-70,72-73H,15-18,20,23-24,27,30,32-33,35H2,1-14H3/t37-,38-,39+,40-,41-,42+,47+,49-,51+,52-,53+,54-,55+,56-,58+,59-,60-,61-,80?/m1/s1. The summed E-state index contributed by atoms with van der Waals surface area (Å²) in [5.74, 6) is -3.36. The minimum atomic E-state index is -2.03. The summed E-state index contributed by atoms with van der Waals surface area (Å²) in [6, 6.07) is 15.4. The third-order valence-electron chi connectivity index (χ3n) is 17.4. The lowest BCUT2D eigenvalue weighted by atomic mass is 9.77. The molecule has 3 fully saturated rings. The molecule has 1 unspecified atom stereocenters. The minimum absolute atomic E-state index is 0.0539. The van der Waals surface area contributed by atoms with Crippen LogP contribution in [0.5, 0.6) is 0 Å². The maximum atomic E-state index is 14.7. The number of hydrogen-bond donors (Lipinski definition) is 5. The Morgan fingerprint density at radius 3 is 2.21 bits per heavy atom. The predicted molar refractivity (Wildman–Crippen MR) is 312 cm³/mol. The van der Waals surface area contributed by atoms with Crippen LogP contribution in [0.15, 0.2) is 60.9 Å². The van der Waals surface area contributed by atoms with Crippen molar-refractivity contribution in [3.05, 3.63) is 66.5 Å². The highest BCUT2D eigenvalue weighted by Gasteiger charge is 2.53. The molecule has 19 atom stereocenters. The molecule has 0 spiro atoms. The molecule has 80 heavy (non-hydrogen) atoms. The van der Waals surface area contributed by atoms with Crippen LogP contribution in [0.2, 0.25) is 0 Å². The normalized spacial score (nSPS) is 36.5. The molecule has 1 aromatic heterocycles. The van der Waals surface area contributed by atoms with E-state index in [0.29, 0.717) is 12.8 Å². The van der Waals surface area contributed by atoms with Crippen LogP contribution in [0.25, 0.3) is 11.1 Å². The van der Waals surface area contributed by atoms with Crippen LogP contribution < -0.4 is 10.6 Å². The average Bonchev–Trinajstić information content (AvgIpc) is 3.87. The number of benzene rings is 2. The number of esters is 1. The number of rotatable bonds is 18. The van der Waals surface area contributed by atoms with E-state index < -0.39 is 109 Å². The fourth-order valence-corrected chi connectivity index (χ4v) is 14.7. The predicted octanol–water partition coefficient (Wildman–Crippen LogP) is 7.37. The maximum absolute atomic E-state index is 14.7. The van der Waals surface area contributed by atoms with Gasteiger partial charge in [0.15, 0.2) is 12.6 Å². The number of cyclic esters (lactones) is 1. The van der Waals surface area contributed by atoms with Crippen molar-refractivity contribution in [1.82, 2.24) is 19.6 Å². The SMILES string of the molecule is CC[C@H]1OC(=O)[C@H](C)[C@@H](O[C@H]2C[C@@](C)(OC)[C@@H](O)[C@H](C)O2)[C@H](C)[C@@H](O[C@@H]2O[C@H](C)C[C@H](N(C)C)[C@H]2O)[C@](C)(O)C[C@@H](C)CN(C(=O)CCCCCCCc2cc(-c3cnn(C)c3)ccc2P(Cl)c2ccccc2)[C@H](C)[C@@H](O)[C@]1(C)O. The van der Waals surface area contributed by atoms with E-state index in [0.717, 1.165) is 53.8 Å². The van der Waals surface area contributed by atoms with E-state index in [1.165, 1.54) is 19.6 Å². The summed E-state index contributed by atoms with van der Waals surface area (Å²) < 4.78 is 40.1. The van der Waals surface area contributed by atoms with Crippen LogP contribution in [0.1, 0.15) is 139 Å². The molecule has 0 bridgehead atoms. The maximum Gasteiger partial charge on any atom is 0.311 e. The van der Waals surface area contributed by atoms with Gasteiger partial charge in [-0.2, -0.15) is 5.10 Å². The number of hydrogen-bond acceptors (Lipinski definition) is 15. The fraction of sp³-hybridized carbons (Fsp3) is 0.721. The first-order valence-electron chi connectivity index (χ1n) is 29.1. The van der Waals surface area contributed by atoms with Gasteiger partial charge < -0.3 is 63.8 Å². The van der Waals surface area contributed by atoms with Crippen LogP contribution in [0, 0.1) is 17.8 Å². The molecular formula is C61H96ClN4O13P. The number of carbonyl (C=O) groups excluding carboxylic acids is 2. The Morgan fingerprint density at radius 1 is 0.900 bits per heavy atom. The zero-order chi connectivity index (χ0) is 59.0. The molecule has 6 rings (SSSR count). The van der Waals surface area contributed by atoms with Gasteiger partial charge in [-0.3, -0.25) is 14.3 Å². The third kappa shape index (κ3) is 16.0. The third-order valence-corrected chi connectivity index (χ3v) is 20.1. The van der Waals surface area contributed by atoms with Gasteiger partial charge in [-0.1, -0.05) is 99.8 Å². The van der Waals surface area contributed by atoms with Gasteiger partial charge in [0.2, 0.25) is 5.91 Å². The first kappa shape index (κ1) is 66.0. The Hall–Kier alpha value is -3.13. The molecule has 0 radical (unpaired) electrons. The van der Waals surface area contributed by atoms with E-state index in [-0.39, 0.29) is 50.3 Å². The first-order valence-corrected chi connectivity index (χ1v) is 31.3. The van der Waals surface area contributed by atoms with E-state index in [2.05, 4.69) is 35.4 Å². The molecular weight excluding hydrogens is 1060 g/mol. The number of ether oxygens (including phenoxy) is 6. The number of amides is 1. The zero-order valence-corrected chi connectivity index (χ0v) is 51.7. The summed E-state index contributed by atoms with van der Waals surface area (Å²) >= 11 is 7.21. The number of halogens is 1. The van der Waals surface area contributed by atoms with Crippen molar-refractivity contribution in [3.63, 3.8) is 0 Å². The number of methoxy groups -OCH3 is 1. The average molecular weight is 1160 g/mol. The molecule has 3 aromatic rings. The molecule has 3 aliphatic heterocycles. The van der Waals surface area contributed by atoms with Crippen molar-refractivity contribution >= 4 is 41.0 Å². The smallest absolute Gasteiger partial charge is 0.311 e. The van der Waals surface area contributed by atoms with Gasteiger partial charge in [-0.15, -0.1) is 0 Å². The van der Waals surface area contributed by atoms with E-state index in [9.17, 15) is 35.1 Å². The Kier molecular flexibility index (Phi) is 23.6. The van der Waals surface area contributed by atoms with Gasteiger partial charge in [-0.25, -0.2) is 0 Å². The second-order valence-electron chi connectivity index (χ2n) is 24.4. The summed E-state index contributed by atoms with van der Waals surface area (Å²) in [6.45, 7) is 17.3. The largest absolute Gasteiger partial charge is 0.459 e. The van der Waals surface area contributed by atoms with Gasteiger partial charge in [0, 0.05) is 57.3 Å². The molecule has 19 heteroatoms. The number of unbranched alkanes of at least 4 members (excludes halogenated alkanes) is 4. The topological polar surface area (TPSA) is 215 Å². The van der Waals surface area contributed by atoms with E-state index >= 15 is 0 Å². The summed E-state index contributed by atoms with van der Waals surface area (Å²) in [4.78, 5) is 32.9. The van der Waals surface area contributed by atoms with E-state index in [1.54, 1.807) is 58.0 Å². The van der Waals surface area contributed by atoms with E-state index in [4.69, 9.17) is 39.7 Å². The van der Waals surface area contributed by atoms with Crippen LogP contribution in [-0.2, 0) is 51.5 Å². The van der Waals surface area contributed by atoms with Gasteiger partial charge in [0.1, 0.15) is 30.0 Å². The fourth-order valence-electron chi connectivity index (χ4n) is 12.5. The van der Waals surface area contributed by atoms with Crippen LogP contribution in [0.3, 0.4) is 0 Å². The lowest BCUT2D eigenvalue weighted by Crippen LogP contribution is -2.60. The zero-order valence-electron chi connectivity index (χ0n) is 50.0. The number of aliphatic hydroxyl groups is 5. The highest BCUT2D eigenvalue weighted by Crippen LogP contribution is 2.43. The van der Waals surface area contributed by atoms with Crippen LogP contribution in [0.4, 0.5) is 0 Å². The number of carbonyl (C=O) groups is 2. The molecule has 2 aromatic carbocycles. The van der Waals surface area contributed by atoms with Crippen molar-refractivity contribution in [3.8, 4) is 11.1 Å². The molecule has 3 aliphatic rings. The van der Waals surface area contributed by atoms with Crippen molar-refractivity contribution in [2.75, 3.05) is 27.7 Å². The number of nitrogens with zero attached hydrogens (tertiary/aromatic N) is 4. The van der Waals surface area contributed by atoms with Crippen LogP contribution >= 0.6 is 18.5 Å². The quantitative estimate of drug-likeness (QED) is 0.0478. The Bertz CT molecular complexity index is 2430. The first-order chi connectivity index (χ1) is 37.6. The summed E-state index contributed by atoms with van der Waals surface area (Å²) in [5, 5.41) is 67.2. The lowest BCUT2D eigenvalue weighted by molar-refractivity contribution is -0.318. The molecule has 0 saturated carbocycles. The van der Waals surface area contributed by atoms with Gasteiger partial charge in [0.05, 0.1) is 61.0 Å². The minimum Gasteiger partial charge on any atom is -0.459 e. The Morgan fingerprint density at radius 2 is 1.57 bits per heavy atom.